The lowest BCUT2D eigenvalue weighted by atomic mass is 9.79. The van der Waals surface area contributed by atoms with Crippen LogP contribution in [0.4, 0.5) is 0 Å². The number of hydrogen-bond acceptors (Lipinski definition) is 4. The van der Waals surface area contributed by atoms with Crippen LogP contribution >= 0.6 is 0 Å². The Balaban J connectivity index is 1.85. The summed E-state index contributed by atoms with van der Waals surface area (Å²) in [5, 5.41) is 7.22. The summed E-state index contributed by atoms with van der Waals surface area (Å²) in [5.41, 5.74) is 5.55. The molecular weight excluding hydrogens is 254 g/mol. The van der Waals surface area contributed by atoms with Crippen LogP contribution in [0.1, 0.15) is 44.3 Å². The van der Waals surface area contributed by atoms with Crippen molar-refractivity contribution in [3.8, 4) is 0 Å². The number of hydrogen-bond donors (Lipinski definition) is 2. The molecule has 1 fully saturated rings. The van der Waals surface area contributed by atoms with Gasteiger partial charge in [0.05, 0.1) is 5.41 Å². The molecule has 0 saturated heterocycles. The Hall–Kier alpha value is -1.43. The second-order valence-corrected chi connectivity index (χ2v) is 5.74. The van der Waals surface area contributed by atoms with E-state index < -0.39 is 0 Å². The molecule has 1 aliphatic carbocycles. The van der Waals surface area contributed by atoms with Crippen LogP contribution in [-0.4, -0.2) is 33.8 Å². The first-order chi connectivity index (χ1) is 9.66. The van der Waals surface area contributed by atoms with Crippen molar-refractivity contribution in [1.29, 1.82) is 0 Å². The normalized spacial score (nSPS) is 18.5. The minimum Gasteiger partial charge on any atom is -0.355 e. The molecule has 0 atom stereocenters. The highest BCUT2D eigenvalue weighted by atomic mass is 16.2. The smallest absolute Gasteiger partial charge is 0.227 e. The molecule has 1 aliphatic rings. The molecule has 112 valence electrons. The van der Waals surface area contributed by atoms with Gasteiger partial charge in [-0.2, -0.15) is 5.10 Å². The Morgan fingerprint density at radius 2 is 2.10 bits per heavy atom. The third-order valence-electron chi connectivity index (χ3n) is 4.21. The van der Waals surface area contributed by atoms with E-state index in [0.717, 1.165) is 31.5 Å². The molecule has 3 N–H and O–H groups in total. The van der Waals surface area contributed by atoms with E-state index in [9.17, 15) is 4.79 Å². The van der Waals surface area contributed by atoms with E-state index in [0.29, 0.717) is 19.5 Å². The summed E-state index contributed by atoms with van der Waals surface area (Å²) < 4.78 is 1.67. The van der Waals surface area contributed by atoms with E-state index in [1.54, 1.807) is 11.0 Å². The number of nitrogens with one attached hydrogen (secondary N) is 1. The van der Waals surface area contributed by atoms with Crippen molar-refractivity contribution in [2.45, 2.75) is 44.9 Å². The lowest BCUT2D eigenvalue weighted by Gasteiger charge is -2.29. The van der Waals surface area contributed by atoms with Gasteiger partial charge in [-0.25, -0.2) is 4.98 Å². The minimum absolute atomic E-state index is 0.109. The number of nitrogens with zero attached hydrogens (tertiary/aromatic N) is 3. The number of nitrogens with two attached hydrogens (primary N) is 1. The molecule has 1 aromatic heterocycles. The molecule has 1 saturated carbocycles. The third kappa shape index (κ3) is 3.56. The molecule has 20 heavy (non-hydrogen) atoms. The Kier molecular flexibility index (Phi) is 5.11. The minimum atomic E-state index is -0.353. The molecule has 0 aromatic carbocycles. The number of carbonyl (C=O) groups excluding carboxylic acids is 1. The van der Waals surface area contributed by atoms with Crippen molar-refractivity contribution >= 4 is 5.91 Å². The van der Waals surface area contributed by atoms with Crippen LogP contribution in [0.3, 0.4) is 0 Å². The maximum absolute atomic E-state index is 12.5. The molecule has 0 aliphatic heterocycles. The molecule has 0 radical (unpaired) electrons. The van der Waals surface area contributed by atoms with E-state index in [4.69, 9.17) is 5.73 Å². The van der Waals surface area contributed by atoms with Gasteiger partial charge < -0.3 is 11.1 Å². The van der Waals surface area contributed by atoms with Crippen LogP contribution in [-0.2, 0) is 18.3 Å². The molecule has 1 aromatic rings. The average molecular weight is 279 g/mol. The Bertz CT molecular complexity index is 435. The van der Waals surface area contributed by atoms with Gasteiger partial charge in [0.15, 0.2) is 5.82 Å². The zero-order valence-corrected chi connectivity index (χ0v) is 12.3. The quantitative estimate of drug-likeness (QED) is 0.780. The van der Waals surface area contributed by atoms with Crippen LogP contribution in [0.25, 0.3) is 0 Å². The molecule has 0 bridgehead atoms. The van der Waals surface area contributed by atoms with E-state index in [1.165, 1.54) is 12.8 Å². The summed E-state index contributed by atoms with van der Waals surface area (Å²) >= 11 is 0. The van der Waals surface area contributed by atoms with E-state index in [1.807, 2.05) is 7.05 Å². The van der Waals surface area contributed by atoms with Crippen molar-refractivity contribution in [2.24, 2.45) is 18.2 Å². The van der Waals surface area contributed by atoms with Crippen LogP contribution in [0.15, 0.2) is 6.33 Å². The van der Waals surface area contributed by atoms with E-state index >= 15 is 0 Å². The van der Waals surface area contributed by atoms with Crippen molar-refractivity contribution in [3.63, 3.8) is 0 Å². The molecule has 6 heteroatoms. The Morgan fingerprint density at radius 1 is 1.40 bits per heavy atom. The van der Waals surface area contributed by atoms with E-state index in [2.05, 4.69) is 15.4 Å². The number of amides is 1. The Labute approximate surface area is 120 Å². The number of rotatable bonds is 5. The lowest BCUT2D eigenvalue weighted by molar-refractivity contribution is -0.131. The van der Waals surface area contributed by atoms with Crippen LogP contribution < -0.4 is 11.1 Å². The highest BCUT2D eigenvalue weighted by Gasteiger charge is 2.36. The summed E-state index contributed by atoms with van der Waals surface area (Å²) in [7, 11) is 1.84. The van der Waals surface area contributed by atoms with Gasteiger partial charge in [0.2, 0.25) is 5.91 Å². The molecule has 1 heterocycles. The van der Waals surface area contributed by atoms with Crippen LogP contribution in [0.5, 0.6) is 0 Å². The molecule has 0 unspecified atom stereocenters. The van der Waals surface area contributed by atoms with Gasteiger partial charge in [0, 0.05) is 26.6 Å². The maximum atomic E-state index is 12.5. The standard InChI is InChI=1S/C14H25N5O/c1-19-11-17-12(18-19)6-9-16-13(20)14(10-15)7-4-2-3-5-8-14/h11H,2-10,15H2,1H3,(H,16,20). The maximum Gasteiger partial charge on any atom is 0.227 e. The number of carbonyl (C=O) groups is 1. The highest BCUT2D eigenvalue weighted by Crippen LogP contribution is 2.34. The van der Waals surface area contributed by atoms with Crippen LogP contribution in [0, 0.1) is 5.41 Å². The third-order valence-corrected chi connectivity index (χ3v) is 4.21. The zero-order chi connectivity index (χ0) is 14.4. The van der Waals surface area contributed by atoms with Crippen molar-refractivity contribution in [1.82, 2.24) is 20.1 Å². The molecule has 1 amide bonds. The van der Waals surface area contributed by atoms with Crippen molar-refractivity contribution in [2.75, 3.05) is 13.1 Å². The average Bonchev–Trinajstić information content (AvgIpc) is 2.73. The highest BCUT2D eigenvalue weighted by molar-refractivity contribution is 5.82. The summed E-state index contributed by atoms with van der Waals surface area (Å²) in [4.78, 5) is 16.6. The van der Waals surface area contributed by atoms with Crippen molar-refractivity contribution in [3.05, 3.63) is 12.2 Å². The monoisotopic (exact) mass is 279 g/mol. The molecule has 6 nitrogen and oxygen atoms in total. The SMILES string of the molecule is Cn1cnc(CCNC(=O)C2(CN)CCCCCC2)n1. The Morgan fingerprint density at radius 3 is 2.65 bits per heavy atom. The molecule has 0 spiro atoms. The second-order valence-electron chi connectivity index (χ2n) is 5.74. The predicted octanol–water partition coefficient (Wildman–Crippen LogP) is 0.773. The number of aryl methyl sites for hydroxylation is 1. The lowest BCUT2D eigenvalue weighted by Crippen LogP contribution is -2.46. The molecule has 2 rings (SSSR count). The fourth-order valence-corrected chi connectivity index (χ4v) is 2.90. The predicted molar refractivity (Wildman–Crippen MR) is 76.9 cm³/mol. The van der Waals surface area contributed by atoms with Gasteiger partial charge in [0.25, 0.3) is 0 Å². The topological polar surface area (TPSA) is 85.8 Å². The van der Waals surface area contributed by atoms with Gasteiger partial charge in [-0.15, -0.1) is 0 Å². The van der Waals surface area contributed by atoms with Gasteiger partial charge in [-0.3, -0.25) is 9.48 Å². The first-order valence-electron chi connectivity index (χ1n) is 7.49. The van der Waals surface area contributed by atoms with Gasteiger partial charge in [-0.1, -0.05) is 25.7 Å². The van der Waals surface area contributed by atoms with Crippen LogP contribution in [0.2, 0.25) is 0 Å². The summed E-state index contributed by atoms with van der Waals surface area (Å²) in [6, 6.07) is 0. The van der Waals surface area contributed by atoms with Gasteiger partial charge in [0.1, 0.15) is 6.33 Å². The largest absolute Gasteiger partial charge is 0.355 e. The fraction of sp³-hybridized carbons (Fsp3) is 0.786. The van der Waals surface area contributed by atoms with Gasteiger partial charge in [-0.05, 0) is 12.8 Å². The van der Waals surface area contributed by atoms with E-state index in [-0.39, 0.29) is 11.3 Å². The zero-order valence-electron chi connectivity index (χ0n) is 12.3. The first kappa shape index (κ1) is 15.0. The summed E-state index contributed by atoms with van der Waals surface area (Å²) in [5.74, 6) is 0.869. The summed E-state index contributed by atoms with van der Waals surface area (Å²) in [6.07, 6.45) is 8.80. The van der Waals surface area contributed by atoms with Crippen molar-refractivity contribution < 1.29 is 4.79 Å². The number of aromatic nitrogens is 3. The van der Waals surface area contributed by atoms with Gasteiger partial charge >= 0.3 is 0 Å². The summed E-state index contributed by atoms with van der Waals surface area (Å²) in [6.45, 7) is 1.02. The second kappa shape index (κ2) is 6.83. The molecular formula is C14H25N5O. The first-order valence-corrected chi connectivity index (χ1v) is 7.49. The fourth-order valence-electron chi connectivity index (χ4n) is 2.90.